The Kier molecular flexibility index (Phi) is 5.18. The number of aryl methyl sites for hydroxylation is 2. The topological polar surface area (TPSA) is 71.9 Å². The zero-order chi connectivity index (χ0) is 18.7. The molecule has 0 radical (unpaired) electrons. The van der Waals surface area contributed by atoms with E-state index < -0.39 is 0 Å². The van der Waals surface area contributed by atoms with E-state index in [0.29, 0.717) is 22.0 Å². The van der Waals surface area contributed by atoms with E-state index in [1.807, 2.05) is 56.3 Å². The first-order chi connectivity index (χ1) is 12.5. The molecule has 2 aromatic carbocycles. The molecule has 6 nitrogen and oxygen atoms in total. The molecule has 3 rings (SSSR count). The molecule has 0 unspecified atom stereocenters. The summed E-state index contributed by atoms with van der Waals surface area (Å²) in [7, 11) is 1.57. The van der Waals surface area contributed by atoms with Crippen LogP contribution in [0.1, 0.15) is 11.1 Å². The lowest BCUT2D eigenvalue weighted by Crippen LogP contribution is -2.20. The molecule has 1 amide bonds. The third-order valence-electron chi connectivity index (χ3n) is 4.00. The largest absolute Gasteiger partial charge is 0.495 e. The number of carbonyl (C=O) groups excluding carboxylic acids is 1. The first-order valence-corrected chi connectivity index (χ1v) is 8.55. The molecule has 0 aliphatic heterocycles. The fourth-order valence-corrected chi connectivity index (χ4v) is 2.84. The maximum atomic E-state index is 12.6. The van der Waals surface area contributed by atoms with Gasteiger partial charge in [0.05, 0.1) is 12.8 Å². The van der Waals surface area contributed by atoms with Gasteiger partial charge in [-0.25, -0.2) is 0 Å². The lowest BCUT2D eigenvalue weighted by atomic mass is 10.1. The average molecular weight is 368 g/mol. The zero-order valence-corrected chi connectivity index (χ0v) is 15.7. The van der Waals surface area contributed by atoms with Gasteiger partial charge in [-0.1, -0.05) is 35.9 Å². The van der Waals surface area contributed by atoms with Crippen LogP contribution in [0.2, 0.25) is 0 Å². The summed E-state index contributed by atoms with van der Waals surface area (Å²) in [5.74, 6) is 1.03. The number of ether oxygens (including phenoxy) is 1. The minimum absolute atomic E-state index is 0.0512. The number of amides is 1. The Morgan fingerprint density at radius 2 is 1.88 bits per heavy atom. The van der Waals surface area contributed by atoms with E-state index in [2.05, 4.69) is 15.5 Å². The van der Waals surface area contributed by atoms with Crippen LogP contribution < -0.4 is 10.1 Å². The lowest BCUT2D eigenvalue weighted by Gasteiger charge is -2.12. The van der Waals surface area contributed by atoms with Gasteiger partial charge in [0.15, 0.2) is 10.6 Å². The number of carbonyl (C=O) groups is 1. The predicted octanol–water partition coefficient (Wildman–Crippen LogP) is 3.87. The summed E-state index contributed by atoms with van der Waals surface area (Å²) in [6.45, 7) is 4.02. The number of hydrogen-bond acceptors (Lipinski definition) is 4. The molecule has 134 valence electrons. The molecule has 0 aliphatic carbocycles. The zero-order valence-electron chi connectivity index (χ0n) is 14.9. The van der Waals surface area contributed by atoms with Crippen LogP contribution in [0.4, 0.5) is 5.69 Å². The minimum atomic E-state index is -0.209. The monoisotopic (exact) mass is 368 g/mol. The van der Waals surface area contributed by atoms with Gasteiger partial charge in [-0.15, -0.1) is 0 Å². The summed E-state index contributed by atoms with van der Waals surface area (Å²) in [5.41, 5.74) is 3.70. The molecule has 0 saturated carbocycles. The van der Waals surface area contributed by atoms with E-state index in [-0.39, 0.29) is 12.5 Å². The summed E-state index contributed by atoms with van der Waals surface area (Å²) in [4.78, 5) is 12.6. The molecule has 0 fully saturated rings. The average Bonchev–Trinajstić information content (AvgIpc) is 2.96. The second kappa shape index (κ2) is 7.53. The molecule has 0 spiro atoms. The van der Waals surface area contributed by atoms with Crippen molar-refractivity contribution in [3.8, 4) is 17.1 Å². The number of methoxy groups -OCH3 is 1. The molecule has 0 bridgehead atoms. The smallest absolute Gasteiger partial charge is 0.244 e. The maximum absolute atomic E-state index is 12.6. The van der Waals surface area contributed by atoms with Crippen LogP contribution in [-0.2, 0) is 11.3 Å². The second-order valence-corrected chi connectivity index (χ2v) is 6.44. The predicted molar refractivity (Wildman–Crippen MR) is 104 cm³/mol. The molecule has 3 aromatic rings. The van der Waals surface area contributed by atoms with Crippen LogP contribution in [0.25, 0.3) is 11.4 Å². The molecule has 1 heterocycles. The summed E-state index contributed by atoms with van der Waals surface area (Å²) in [5, 5.41) is 9.91. The molecular weight excluding hydrogens is 348 g/mol. The van der Waals surface area contributed by atoms with E-state index in [9.17, 15) is 4.79 Å². The number of nitrogens with one attached hydrogen (secondary N) is 2. The van der Waals surface area contributed by atoms with Crippen molar-refractivity contribution >= 4 is 23.8 Å². The highest BCUT2D eigenvalue weighted by Gasteiger charge is 2.14. The van der Waals surface area contributed by atoms with Crippen molar-refractivity contribution in [2.24, 2.45) is 0 Å². The lowest BCUT2D eigenvalue weighted by molar-refractivity contribution is -0.116. The van der Waals surface area contributed by atoms with Gasteiger partial charge in [0.2, 0.25) is 5.91 Å². The molecule has 2 N–H and O–H groups in total. The first kappa shape index (κ1) is 17.9. The minimum Gasteiger partial charge on any atom is -0.495 e. The Balaban J connectivity index is 1.85. The third-order valence-corrected chi connectivity index (χ3v) is 4.31. The van der Waals surface area contributed by atoms with Crippen molar-refractivity contribution < 1.29 is 9.53 Å². The molecule has 0 saturated heterocycles. The number of anilines is 1. The Morgan fingerprint density at radius 1 is 1.19 bits per heavy atom. The van der Waals surface area contributed by atoms with Crippen molar-refractivity contribution in [1.82, 2.24) is 14.8 Å². The van der Waals surface area contributed by atoms with Gasteiger partial charge in [-0.2, -0.15) is 5.10 Å². The quantitative estimate of drug-likeness (QED) is 0.671. The molecule has 0 aliphatic rings. The Labute approximate surface area is 156 Å². The number of aromatic amines is 1. The van der Waals surface area contributed by atoms with E-state index >= 15 is 0 Å². The number of aromatic nitrogens is 3. The summed E-state index contributed by atoms with van der Waals surface area (Å²) >= 11 is 5.29. The summed E-state index contributed by atoms with van der Waals surface area (Å²) in [6, 6.07) is 13.5. The van der Waals surface area contributed by atoms with Gasteiger partial charge < -0.3 is 10.1 Å². The van der Waals surface area contributed by atoms with Gasteiger partial charge in [-0.3, -0.25) is 14.5 Å². The van der Waals surface area contributed by atoms with E-state index in [4.69, 9.17) is 17.0 Å². The van der Waals surface area contributed by atoms with Crippen molar-refractivity contribution in [3.05, 3.63) is 58.4 Å². The number of hydrogen-bond donors (Lipinski definition) is 2. The molecule has 1 aromatic heterocycles. The van der Waals surface area contributed by atoms with Crippen molar-refractivity contribution in [2.75, 3.05) is 12.4 Å². The third kappa shape index (κ3) is 3.83. The number of rotatable bonds is 5. The first-order valence-electron chi connectivity index (χ1n) is 8.14. The highest BCUT2D eigenvalue weighted by Crippen LogP contribution is 2.25. The van der Waals surface area contributed by atoms with Crippen molar-refractivity contribution in [3.63, 3.8) is 0 Å². The molecule has 7 heteroatoms. The van der Waals surface area contributed by atoms with Gasteiger partial charge >= 0.3 is 0 Å². The van der Waals surface area contributed by atoms with Gasteiger partial charge in [-0.05, 0) is 43.8 Å². The number of benzene rings is 2. The molecular formula is C19H20N4O2S. The second-order valence-electron chi connectivity index (χ2n) is 6.06. The highest BCUT2D eigenvalue weighted by molar-refractivity contribution is 7.71. The number of nitrogens with zero attached hydrogens (tertiary/aromatic N) is 2. The van der Waals surface area contributed by atoms with Crippen LogP contribution in [0.3, 0.4) is 0 Å². The van der Waals surface area contributed by atoms with Gasteiger partial charge in [0.1, 0.15) is 12.3 Å². The van der Waals surface area contributed by atoms with Crippen LogP contribution in [0.5, 0.6) is 5.75 Å². The summed E-state index contributed by atoms with van der Waals surface area (Å²) in [6.07, 6.45) is 0. The van der Waals surface area contributed by atoms with Crippen LogP contribution in [0.15, 0.2) is 42.5 Å². The van der Waals surface area contributed by atoms with Gasteiger partial charge in [0.25, 0.3) is 0 Å². The SMILES string of the molecule is COc1ccc(C)cc1NC(=O)Cn1c(-c2ccc(C)cc2)n[nH]c1=S. The fraction of sp³-hybridized carbons (Fsp3) is 0.211. The van der Waals surface area contributed by atoms with E-state index in [0.717, 1.165) is 16.7 Å². The van der Waals surface area contributed by atoms with Crippen LogP contribution in [0, 0.1) is 18.6 Å². The molecule has 26 heavy (non-hydrogen) atoms. The van der Waals surface area contributed by atoms with Gasteiger partial charge in [0, 0.05) is 5.56 Å². The normalized spacial score (nSPS) is 10.6. The standard InChI is InChI=1S/C19H20N4O2S/c1-12-4-7-14(8-5-12)18-21-22-19(26)23(18)11-17(24)20-15-10-13(2)6-9-16(15)25-3/h4-10H,11H2,1-3H3,(H,20,24)(H,22,26). The van der Waals surface area contributed by atoms with Crippen LogP contribution in [-0.4, -0.2) is 27.8 Å². The van der Waals surface area contributed by atoms with Crippen LogP contribution >= 0.6 is 12.2 Å². The number of H-pyrrole nitrogens is 1. The fourth-order valence-electron chi connectivity index (χ4n) is 2.64. The van der Waals surface area contributed by atoms with Crippen molar-refractivity contribution in [2.45, 2.75) is 20.4 Å². The van der Waals surface area contributed by atoms with E-state index in [1.165, 1.54) is 0 Å². The molecule has 0 atom stereocenters. The Morgan fingerprint density at radius 3 is 2.58 bits per heavy atom. The Hall–Kier alpha value is -2.93. The van der Waals surface area contributed by atoms with E-state index in [1.54, 1.807) is 11.7 Å². The highest BCUT2D eigenvalue weighted by atomic mass is 32.1. The summed E-state index contributed by atoms with van der Waals surface area (Å²) < 4.78 is 7.38. The van der Waals surface area contributed by atoms with Crippen molar-refractivity contribution in [1.29, 1.82) is 0 Å². The maximum Gasteiger partial charge on any atom is 0.244 e. The Bertz CT molecular complexity index is 990.